The van der Waals surface area contributed by atoms with Gasteiger partial charge in [0.25, 0.3) is 0 Å². The van der Waals surface area contributed by atoms with Crippen molar-refractivity contribution in [3.63, 3.8) is 0 Å². The van der Waals surface area contributed by atoms with Crippen molar-refractivity contribution in [2.45, 2.75) is 13.3 Å². The van der Waals surface area contributed by atoms with E-state index in [-0.39, 0.29) is 11.6 Å². The van der Waals surface area contributed by atoms with Crippen LogP contribution in [0.2, 0.25) is 0 Å². The lowest BCUT2D eigenvalue weighted by atomic mass is 9.97. The van der Waals surface area contributed by atoms with Crippen LogP contribution < -0.4 is 4.74 Å². The number of benzene rings is 2. The summed E-state index contributed by atoms with van der Waals surface area (Å²) in [4.78, 5) is 12.7. The normalized spacial score (nSPS) is 12.9. The van der Waals surface area contributed by atoms with E-state index in [0.717, 1.165) is 16.5 Å². The highest BCUT2D eigenvalue weighted by Gasteiger charge is 2.23. The molecule has 0 bridgehead atoms. The number of halogens is 2. The van der Waals surface area contributed by atoms with E-state index in [1.165, 1.54) is 18.2 Å². The number of carbonyl (C=O) groups is 1. The standard InChI is InChI=1S/C16H12BrFO2/c1-9-6-12(18)2-3-13(9)15(19)14-8-11(17)7-10-4-5-20-16(10)14/h2-3,6-8H,4-5H2,1H3. The van der Waals surface area contributed by atoms with Crippen LogP contribution in [0.5, 0.6) is 5.75 Å². The molecule has 2 aromatic rings. The van der Waals surface area contributed by atoms with Gasteiger partial charge in [0.2, 0.25) is 0 Å². The summed E-state index contributed by atoms with van der Waals surface area (Å²) in [5, 5.41) is 0. The van der Waals surface area contributed by atoms with Crippen LogP contribution in [0.4, 0.5) is 4.39 Å². The molecule has 0 aromatic heterocycles. The molecule has 20 heavy (non-hydrogen) atoms. The third-order valence-corrected chi connectivity index (χ3v) is 3.88. The van der Waals surface area contributed by atoms with Gasteiger partial charge in [-0.15, -0.1) is 0 Å². The van der Waals surface area contributed by atoms with E-state index in [2.05, 4.69) is 15.9 Å². The Morgan fingerprint density at radius 1 is 1.25 bits per heavy atom. The molecule has 0 fully saturated rings. The second kappa shape index (κ2) is 5.02. The molecule has 0 radical (unpaired) electrons. The summed E-state index contributed by atoms with van der Waals surface area (Å²) in [7, 11) is 0. The highest BCUT2D eigenvalue weighted by molar-refractivity contribution is 9.10. The average Bonchev–Trinajstić information content (AvgIpc) is 2.85. The van der Waals surface area contributed by atoms with E-state index in [4.69, 9.17) is 4.74 Å². The SMILES string of the molecule is Cc1cc(F)ccc1C(=O)c1cc(Br)cc2c1OCC2. The topological polar surface area (TPSA) is 26.3 Å². The molecule has 0 N–H and O–H groups in total. The second-order valence-corrected chi connectivity index (χ2v) is 5.74. The van der Waals surface area contributed by atoms with Crippen LogP contribution in [0.3, 0.4) is 0 Å². The van der Waals surface area contributed by atoms with E-state index in [0.29, 0.717) is 29.0 Å². The fraction of sp³-hybridized carbons (Fsp3) is 0.188. The van der Waals surface area contributed by atoms with Crippen molar-refractivity contribution in [3.05, 3.63) is 62.9 Å². The van der Waals surface area contributed by atoms with Gasteiger partial charge in [-0.25, -0.2) is 4.39 Å². The molecule has 0 aliphatic carbocycles. The zero-order chi connectivity index (χ0) is 14.3. The van der Waals surface area contributed by atoms with Crippen molar-refractivity contribution in [3.8, 4) is 5.75 Å². The maximum Gasteiger partial charge on any atom is 0.197 e. The zero-order valence-corrected chi connectivity index (χ0v) is 12.5. The molecule has 1 heterocycles. The quantitative estimate of drug-likeness (QED) is 0.774. The Balaban J connectivity index is 2.11. The lowest BCUT2D eigenvalue weighted by molar-refractivity contribution is 0.103. The number of ether oxygens (including phenoxy) is 1. The Kier molecular flexibility index (Phi) is 3.34. The molecule has 4 heteroatoms. The number of ketones is 1. The molecule has 0 amide bonds. The summed E-state index contributed by atoms with van der Waals surface area (Å²) < 4.78 is 19.6. The summed E-state index contributed by atoms with van der Waals surface area (Å²) in [6, 6.07) is 7.92. The Labute approximate surface area is 124 Å². The molecular formula is C16H12BrFO2. The second-order valence-electron chi connectivity index (χ2n) is 4.83. The Bertz CT molecular complexity index is 710. The average molecular weight is 335 g/mol. The van der Waals surface area contributed by atoms with Gasteiger partial charge in [-0.3, -0.25) is 4.79 Å². The molecule has 0 saturated carbocycles. The van der Waals surface area contributed by atoms with Crippen LogP contribution in [0.15, 0.2) is 34.8 Å². The van der Waals surface area contributed by atoms with E-state index >= 15 is 0 Å². The van der Waals surface area contributed by atoms with E-state index < -0.39 is 0 Å². The van der Waals surface area contributed by atoms with E-state index in [1.807, 2.05) is 6.07 Å². The lowest BCUT2D eigenvalue weighted by Crippen LogP contribution is -2.06. The van der Waals surface area contributed by atoms with Gasteiger partial charge in [0, 0.05) is 16.5 Å². The van der Waals surface area contributed by atoms with E-state index in [9.17, 15) is 9.18 Å². The van der Waals surface area contributed by atoms with Gasteiger partial charge in [-0.2, -0.15) is 0 Å². The number of carbonyl (C=O) groups excluding carboxylic acids is 1. The van der Waals surface area contributed by atoms with Gasteiger partial charge < -0.3 is 4.74 Å². The first-order valence-electron chi connectivity index (χ1n) is 6.32. The summed E-state index contributed by atoms with van der Waals surface area (Å²) in [6.07, 6.45) is 0.803. The minimum absolute atomic E-state index is 0.137. The minimum Gasteiger partial charge on any atom is -0.492 e. The molecule has 3 rings (SSSR count). The van der Waals surface area contributed by atoms with Crippen molar-refractivity contribution < 1.29 is 13.9 Å². The van der Waals surface area contributed by atoms with Gasteiger partial charge >= 0.3 is 0 Å². The van der Waals surface area contributed by atoms with Crippen LogP contribution in [-0.2, 0) is 6.42 Å². The number of aryl methyl sites for hydroxylation is 1. The first-order valence-corrected chi connectivity index (χ1v) is 7.11. The van der Waals surface area contributed by atoms with Crippen LogP contribution in [0.1, 0.15) is 27.0 Å². The highest BCUT2D eigenvalue weighted by Crippen LogP contribution is 2.34. The molecule has 0 unspecified atom stereocenters. The van der Waals surface area contributed by atoms with Gasteiger partial charge in [-0.1, -0.05) is 15.9 Å². The molecule has 2 aromatic carbocycles. The zero-order valence-electron chi connectivity index (χ0n) is 10.9. The maximum absolute atomic E-state index is 13.2. The van der Waals surface area contributed by atoms with Crippen LogP contribution in [0, 0.1) is 12.7 Å². The smallest absolute Gasteiger partial charge is 0.197 e. The highest BCUT2D eigenvalue weighted by atomic mass is 79.9. The number of hydrogen-bond donors (Lipinski definition) is 0. The van der Waals surface area contributed by atoms with Crippen LogP contribution in [-0.4, -0.2) is 12.4 Å². The summed E-state index contributed by atoms with van der Waals surface area (Å²) >= 11 is 3.42. The van der Waals surface area contributed by atoms with Crippen LogP contribution >= 0.6 is 15.9 Å². The first kappa shape index (κ1) is 13.3. The Morgan fingerprint density at radius 2 is 2.05 bits per heavy atom. The molecule has 1 aliphatic rings. The Morgan fingerprint density at radius 3 is 2.80 bits per heavy atom. The number of hydrogen-bond acceptors (Lipinski definition) is 2. The monoisotopic (exact) mass is 334 g/mol. The van der Waals surface area contributed by atoms with Crippen LogP contribution in [0.25, 0.3) is 0 Å². The predicted molar refractivity (Wildman–Crippen MR) is 77.9 cm³/mol. The molecular weight excluding hydrogens is 323 g/mol. The molecule has 1 aliphatic heterocycles. The summed E-state index contributed by atoms with van der Waals surface area (Å²) in [5.74, 6) is 0.179. The predicted octanol–water partition coefficient (Wildman–Crippen LogP) is 4.06. The van der Waals surface area contributed by atoms with Crippen molar-refractivity contribution in [1.29, 1.82) is 0 Å². The molecule has 0 saturated heterocycles. The first-order chi connectivity index (χ1) is 9.56. The van der Waals surface area contributed by atoms with Crippen molar-refractivity contribution in [2.75, 3.05) is 6.61 Å². The third kappa shape index (κ3) is 2.24. The molecule has 0 spiro atoms. The van der Waals surface area contributed by atoms with Gasteiger partial charge in [0.15, 0.2) is 5.78 Å². The largest absolute Gasteiger partial charge is 0.492 e. The molecule has 0 atom stereocenters. The summed E-state index contributed by atoms with van der Waals surface area (Å²) in [5.41, 5.74) is 2.69. The number of rotatable bonds is 2. The fourth-order valence-corrected chi connectivity index (χ4v) is 2.97. The van der Waals surface area contributed by atoms with Gasteiger partial charge in [0.05, 0.1) is 12.2 Å². The molecule has 102 valence electrons. The number of fused-ring (bicyclic) bond motifs is 1. The van der Waals surface area contributed by atoms with Gasteiger partial charge in [0.1, 0.15) is 11.6 Å². The fourth-order valence-electron chi connectivity index (χ4n) is 2.46. The summed E-state index contributed by atoms with van der Waals surface area (Å²) in [6.45, 7) is 2.32. The van der Waals surface area contributed by atoms with Crippen molar-refractivity contribution in [1.82, 2.24) is 0 Å². The van der Waals surface area contributed by atoms with E-state index in [1.54, 1.807) is 13.0 Å². The maximum atomic E-state index is 13.2. The van der Waals surface area contributed by atoms with Crippen molar-refractivity contribution >= 4 is 21.7 Å². The third-order valence-electron chi connectivity index (χ3n) is 3.43. The lowest BCUT2D eigenvalue weighted by Gasteiger charge is -2.10. The molecule has 2 nitrogen and oxygen atoms in total. The van der Waals surface area contributed by atoms with Gasteiger partial charge in [-0.05, 0) is 48.4 Å². The Hall–Kier alpha value is -1.68. The van der Waals surface area contributed by atoms with Crippen molar-refractivity contribution in [2.24, 2.45) is 0 Å². The minimum atomic E-state index is -0.338.